The largest absolute Gasteiger partial charge is 0.473 e. The van der Waals surface area contributed by atoms with Gasteiger partial charge in [-0.1, -0.05) is 29.4 Å². The molecule has 0 unspecified atom stereocenters. The molecule has 0 aliphatic carbocycles. The van der Waals surface area contributed by atoms with Crippen LogP contribution in [0.5, 0.6) is 0 Å². The van der Waals surface area contributed by atoms with Crippen LogP contribution in [0.1, 0.15) is 22.9 Å². The van der Waals surface area contributed by atoms with Gasteiger partial charge in [0.05, 0.1) is 18.0 Å². The summed E-state index contributed by atoms with van der Waals surface area (Å²) in [5, 5.41) is 21.3. The van der Waals surface area contributed by atoms with Crippen molar-refractivity contribution in [3.05, 3.63) is 71.4 Å². The van der Waals surface area contributed by atoms with Crippen LogP contribution >= 0.6 is 0 Å². The molecule has 10 nitrogen and oxygen atoms in total. The zero-order valence-electron chi connectivity index (χ0n) is 18.9. The number of carbonyl (C=O) groups is 3. The number of carboxylic acid groups (broad SMARTS) is 2. The van der Waals surface area contributed by atoms with Gasteiger partial charge >= 0.3 is 18.1 Å². The van der Waals surface area contributed by atoms with Gasteiger partial charge in [-0.15, -0.1) is 0 Å². The van der Waals surface area contributed by atoms with E-state index in [2.05, 4.69) is 15.5 Å². The molecule has 4 rings (SSSR count). The first-order valence-corrected chi connectivity index (χ1v) is 10.6. The molecule has 37 heavy (non-hydrogen) atoms. The molecular weight excluding hydrogens is 504 g/mol. The van der Waals surface area contributed by atoms with E-state index in [0.717, 1.165) is 17.7 Å². The van der Waals surface area contributed by atoms with Crippen molar-refractivity contribution in [2.75, 3.05) is 19.6 Å². The minimum absolute atomic E-state index is 0.0862. The Morgan fingerprint density at radius 2 is 1.70 bits per heavy atom. The number of rotatable bonds is 6. The van der Waals surface area contributed by atoms with Gasteiger partial charge in [0, 0.05) is 25.2 Å². The standard InChI is InChI=1S/C21H18F4N4O2.C2H2O4/c22-17-6-4-13(5-7-17)9-26-18(30)12-29-10-15(11-29)20-27-19(28-31-20)14-2-1-3-16(8-14)21(23,24)25;3-1(4)2(5)6/h1-8,15H,9-12H2,(H,26,30);(H,3,4)(H,5,6). The summed E-state index contributed by atoms with van der Waals surface area (Å²) in [6.45, 7) is 1.54. The Morgan fingerprint density at radius 1 is 1.05 bits per heavy atom. The molecule has 3 N–H and O–H groups in total. The highest BCUT2D eigenvalue weighted by atomic mass is 19.4. The molecule has 0 spiro atoms. The number of nitrogens with zero attached hydrogens (tertiary/aromatic N) is 3. The van der Waals surface area contributed by atoms with Crippen LogP contribution in [0.15, 0.2) is 53.1 Å². The summed E-state index contributed by atoms with van der Waals surface area (Å²) in [4.78, 5) is 36.4. The number of hydrogen-bond donors (Lipinski definition) is 3. The molecule has 2 aromatic carbocycles. The second kappa shape index (κ2) is 11.6. The number of aromatic nitrogens is 2. The molecule has 2 heterocycles. The summed E-state index contributed by atoms with van der Waals surface area (Å²) in [5.41, 5.74) is 0.239. The lowest BCUT2D eigenvalue weighted by molar-refractivity contribution is -0.159. The Morgan fingerprint density at radius 3 is 2.30 bits per heavy atom. The maximum absolute atomic E-state index is 12.9. The summed E-state index contributed by atoms with van der Waals surface area (Å²) >= 11 is 0. The average molecular weight is 524 g/mol. The number of alkyl halides is 3. The summed E-state index contributed by atoms with van der Waals surface area (Å²) < 4.78 is 56.7. The van der Waals surface area contributed by atoms with Crippen molar-refractivity contribution in [3.8, 4) is 11.4 Å². The number of carbonyl (C=O) groups excluding carboxylic acids is 1. The Kier molecular flexibility index (Phi) is 8.55. The molecular formula is C23H20F4N4O6. The van der Waals surface area contributed by atoms with Crippen LogP contribution in [0.2, 0.25) is 0 Å². The SMILES string of the molecule is O=C(CN1CC(c2nc(-c3cccc(C(F)(F)F)c3)no2)C1)NCc1ccc(F)cc1.O=C(O)C(=O)O. The van der Waals surface area contributed by atoms with Gasteiger partial charge in [0.1, 0.15) is 5.82 Å². The molecule has 196 valence electrons. The van der Waals surface area contributed by atoms with E-state index in [1.54, 1.807) is 12.1 Å². The zero-order chi connectivity index (χ0) is 27.2. The van der Waals surface area contributed by atoms with Gasteiger partial charge in [0.15, 0.2) is 0 Å². The first-order valence-electron chi connectivity index (χ1n) is 10.6. The second-order valence-corrected chi connectivity index (χ2v) is 7.94. The molecule has 14 heteroatoms. The van der Waals surface area contributed by atoms with Crippen LogP contribution in [0.4, 0.5) is 17.6 Å². The van der Waals surface area contributed by atoms with Crippen molar-refractivity contribution in [2.24, 2.45) is 0 Å². The molecule has 0 bridgehead atoms. The van der Waals surface area contributed by atoms with Gasteiger partial charge in [0.2, 0.25) is 17.6 Å². The van der Waals surface area contributed by atoms with Gasteiger partial charge in [0.25, 0.3) is 0 Å². The molecule has 1 aliphatic rings. The average Bonchev–Trinajstić information content (AvgIpc) is 3.30. The summed E-state index contributed by atoms with van der Waals surface area (Å²) in [5.74, 6) is -3.81. The van der Waals surface area contributed by atoms with Crippen molar-refractivity contribution in [2.45, 2.75) is 18.6 Å². The molecule has 1 amide bonds. The third-order valence-corrected chi connectivity index (χ3v) is 5.15. The number of carboxylic acids is 2. The Balaban J connectivity index is 0.000000568. The number of hydrogen-bond acceptors (Lipinski definition) is 7. The number of likely N-dealkylation sites (tertiary alicyclic amines) is 1. The Hall–Kier alpha value is -4.33. The topological polar surface area (TPSA) is 146 Å². The Labute approximate surface area is 206 Å². The van der Waals surface area contributed by atoms with Gasteiger partial charge in [-0.25, -0.2) is 14.0 Å². The van der Waals surface area contributed by atoms with Crippen LogP contribution in [0.25, 0.3) is 11.4 Å². The van der Waals surface area contributed by atoms with E-state index >= 15 is 0 Å². The maximum Gasteiger partial charge on any atom is 0.416 e. The molecule has 1 aromatic heterocycles. The minimum Gasteiger partial charge on any atom is -0.473 e. The van der Waals surface area contributed by atoms with E-state index in [1.807, 2.05) is 4.90 Å². The fourth-order valence-electron chi connectivity index (χ4n) is 3.27. The summed E-state index contributed by atoms with van der Waals surface area (Å²) in [7, 11) is 0. The van der Waals surface area contributed by atoms with Crippen molar-refractivity contribution >= 4 is 17.8 Å². The third kappa shape index (κ3) is 7.83. The maximum atomic E-state index is 12.9. The minimum atomic E-state index is -4.45. The van der Waals surface area contributed by atoms with E-state index in [0.29, 0.717) is 25.5 Å². The lowest BCUT2D eigenvalue weighted by Gasteiger charge is -2.36. The molecule has 0 saturated carbocycles. The zero-order valence-corrected chi connectivity index (χ0v) is 18.9. The molecule has 3 aromatic rings. The van der Waals surface area contributed by atoms with Crippen LogP contribution < -0.4 is 5.32 Å². The first-order chi connectivity index (χ1) is 17.4. The smallest absolute Gasteiger partial charge is 0.416 e. The number of amides is 1. The van der Waals surface area contributed by atoms with Crippen molar-refractivity contribution in [3.63, 3.8) is 0 Å². The molecule has 0 atom stereocenters. The fourth-order valence-corrected chi connectivity index (χ4v) is 3.27. The van der Waals surface area contributed by atoms with Crippen molar-refractivity contribution < 1.29 is 46.7 Å². The van der Waals surface area contributed by atoms with E-state index in [1.165, 1.54) is 24.3 Å². The number of benzene rings is 2. The van der Waals surface area contributed by atoms with Crippen LogP contribution in [0.3, 0.4) is 0 Å². The highest BCUT2D eigenvalue weighted by molar-refractivity contribution is 6.27. The number of aliphatic carboxylic acids is 2. The Bertz CT molecular complexity index is 1240. The molecule has 0 radical (unpaired) electrons. The van der Waals surface area contributed by atoms with E-state index < -0.39 is 23.7 Å². The lowest BCUT2D eigenvalue weighted by atomic mass is 10.0. The van der Waals surface area contributed by atoms with Crippen LogP contribution in [0, 0.1) is 5.82 Å². The van der Waals surface area contributed by atoms with E-state index in [-0.39, 0.29) is 35.6 Å². The molecule has 1 aliphatic heterocycles. The van der Waals surface area contributed by atoms with Gasteiger partial charge in [-0.05, 0) is 29.8 Å². The van der Waals surface area contributed by atoms with Gasteiger partial charge in [-0.3, -0.25) is 9.69 Å². The van der Waals surface area contributed by atoms with E-state index in [9.17, 15) is 22.4 Å². The normalized spacial score (nSPS) is 13.7. The lowest BCUT2D eigenvalue weighted by Crippen LogP contribution is -2.49. The van der Waals surface area contributed by atoms with Crippen molar-refractivity contribution in [1.82, 2.24) is 20.4 Å². The second-order valence-electron chi connectivity index (χ2n) is 7.94. The predicted octanol–water partition coefficient (Wildman–Crippen LogP) is 2.77. The van der Waals surface area contributed by atoms with Gasteiger partial charge < -0.3 is 20.1 Å². The highest BCUT2D eigenvalue weighted by Gasteiger charge is 2.34. The predicted molar refractivity (Wildman–Crippen MR) is 117 cm³/mol. The fraction of sp³-hybridized carbons (Fsp3) is 0.261. The summed E-state index contributed by atoms with van der Waals surface area (Å²) in [6.07, 6.45) is -4.45. The monoisotopic (exact) mass is 524 g/mol. The third-order valence-electron chi connectivity index (χ3n) is 5.15. The molecule has 1 fully saturated rings. The van der Waals surface area contributed by atoms with Crippen LogP contribution in [-0.4, -0.2) is 62.7 Å². The van der Waals surface area contributed by atoms with Crippen molar-refractivity contribution in [1.29, 1.82) is 0 Å². The highest BCUT2D eigenvalue weighted by Crippen LogP contribution is 2.32. The number of nitrogens with one attached hydrogen (secondary N) is 1. The van der Waals surface area contributed by atoms with Gasteiger partial charge in [-0.2, -0.15) is 18.2 Å². The number of halogens is 4. The van der Waals surface area contributed by atoms with E-state index in [4.69, 9.17) is 24.3 Å². The first kappa shape index (κ1) is 27.3. The van der Waals surface area contributed by atoms with Crippen LogP contribution in [-0.2, 0) is 27.1 Å². The quantitative estimate of drug-likeness (QED) is 0.327. The molecule has 1 saturated heterocycles. The summed E-state index contributed by atoms with van der Waals surface area (Å²) in [6, 6.07) is 10.6.